The van der Waals surface area contributed by atoms with Crippen molar-refractivity contribution in [3.63, 3.8) is 0 Å². The maximum atomic E-state index is 15.1. The molecule has 0 N–H and O–H groups in total. The van der Waals surface area contributed by atoms with Gasteiger partial charge in [-0.25, -0.2) is 4.39 Å². The van der Waals surface area contributed by atoms with Crippen LogP contribution in [-0.4, -0.2) is 115 Å². The number of rotatable bonds is 11. The van der Waals surface area contributed by atoms with Crippen LogP contribution in [0.4, 0.5) is 15.9 Å². The number of pyridine rings is 1. The number of amides is 1. The molecule has 3 aliphatic heterocycles. The summed E-state index contributed by atoms with van der Waals surface area (Å²) in [5, 5.41) is 11.0. The van der Waals surface area contributed by atoms with Crippen molar-refractivity contribution < 1.29 is 23.4 Å². The van der Waals surface area contributed by atoms with E-state index < -0.39 is 0 Å². The lowest BCUT2D eigenvalue weighted by Crippen LogP contribution is -2.55. The van der Waals surface area contributed by atoms with Crippen molar-refractivity contribution in [1.29, 1.82) is 5.26 Å². The number of anilines is 2. The van der Waals surface area contributed by atoms with Gasteiger partial charge in [0, 0.05) is 74.4 Å². The average Bonchev–Trinajstić information content (AvgIpc) is 3.95. The van der Waals surface area contributed by atoms with Crippen LogP contribution < -0.4 is 14.5 Å². The molecule has 4 aliphatic rings. The molecule has 2 aromatic heterocycles. The Morgan fingerprint density at radius 3 is 2.79 bits per heavy atom. The molecule has 3 aromatic rings. The van der Waals surface area contributed by atoms with Gasteiger partial charge in [-0.3, -0.25) is 14.7 Å². The highest BCUT2D eigenvalue weighted by Crippen LogP contribution is 2.35. The lowest BCUT2D eigenvalue weighted by atomic mass is 10.0. The van der Waals surface area contributed by atoms with Crippen molar-refractivity contribution in [3.8, 4) is 12.1 Å². The number of nitriles is 1. The maximum Gasteiger partial charge on any atom is 0.318 e. The fraction of sp³-hybridized carbons (Fsp3) is 0.514. The zero-order chi connectivity index (χ0) is 32.9. The third kappa shape index (κ3) is 7.36. The SMILES string of the molecule is N#CC[C@H]1CN(c2nc(OCCOC3CC3)nc3c2CCN(c2cncc4cccc(F)c24)C3)CCN1C(=O)/C=C/CN1CCOCC1. The number of piperazine rings is 1. The topological polar surface area (TPSA) is 120 Å². The first-order valence-corrected chi connectivity index (χ1v) is 16.9. The standard InChI is InChI=1S/C35H41FN8O4/c36-29-4-1-3-25-21-38-22-31(33(25)29)42-12-9-28-30(24-42)39-35(48-20-19-47-27-6-7-27)40-34(28)43-13-14-44(26(23-43)8-10-37)32(45)5-2-11-41-15-17-46-18-16-41/h1-5,21-22,26-27H,6-9,11-20,23-24H2/b5-2+/t26-/m0/s1. The largest absolute Gasteiger partial charge is 0.461 e. The Bertz CT molecular complexity index is 1680. The molecule has 3 fully saturated rings. The number of benzene rings is 1. The van der Waals surface area contributed by atoms with Crippen LogP contribution in [0, 0.1) is 17.1 Å². The smallest absolute Gasteiger partial charge is 0.318 e. The first kappa shape index (κ1) is 32.2. The summed E-state index contributed by atoms with van der Waals surface area (Å²) in [6, 6.07) is 7.28. The molecule has 5 heterocycles. The number of carbonyl (C=O) groups is 1. The molecule has 252 valence electrons. The van der Waals surface area contributed by atoms with Gasteiger partial charge in [0.05, 0.1) is 68.6 Å². The molecule has 1 saturated carbocycles. The Hall–Kier alpha value is -4.38. The van der Waals surface area contributed by atoms with Crippen molar-refractivity contribution >= 4 is 28.2 Å². The van der Waals surface area contributed by atoms with Gasteiger partial charge in [-0.15, -0.1) is 0 Å². The summed E-state index contributed by atoms with van der Waals surface area (Å²) in [5.41, 5.74) is 2.53. The minimum atomic E-state index is -0.295. The number of hydrogen-bond acceptors (Lipinski definition) is 11. The number of carbonyl (C=O) groups excluding carboxylic acids is 1. The number of aromatic nitrogens is 3. The Morgan fingerprint density at radius 1 is 1.08 bits per heavy atom. The van der Waals surface area contributed by atoms with Crippen LogP contribution in [0.5, 0.6) is 6.01 Å². The Labute approximate surface area is 279 Å². The summed E-state index contributed by atoms with van der Waals surface area (Å²) in [6.45, 7) is 7.14. The molecule has 7 rings (SSSR count). The van der Waals surface area contributed by atoms with Crippen molar-refractivity contribution in [3.05, 3.63) is 59.8 Å². The van der Waals surface area contributed by atoms with Crippen molar-refractivity contribution in [2.75, 3.05) is 82.0 Å². The lowest BCUT2D eigenvalue weighted by Gasteiger charge is -2.42. The number of nitrogens with zero attached hydrogens (tertiary/aromatic N) is 8. The van der Waals surface area contributed by atoms with Crippen LogP contribution in [0.1, 0.15) is 30.5 Å². The van der Waals surface area contributed by atoms with Gasteiger partial charge in [0.25, 0.3) is 0 Å². The minimum Gasteiger partial charge on any atom is -0.461 e. The van der Waals surface area contributed by atoms with Crippen molar-refractivity contribution in [1.82, 2.24) is 24.8 Å². The van der Waals surface area contributed by atoms with Gasteiger partial charge < -0.3 is 28.9 Å². The number of fused-ring (bicyclic) bond motifs is 2. The number of ether oxygens (including phenoxy) is 3. The van der Waals surface area contributed by atoms with Crippen LogP contribution >= 0.6 is 0 Å². The highest BCUT2D eigenvalue weighted by Gasteiger charge is 2.34. The summed E-state index contributed by atoms with van der Waals surface area (Å²) in [4.78, 5) is 35.8. The summed E-state index contributed by atoms with van der Waals surface area (Å²) >= 11 is 0. The number of hydrogen-bond donors (Lipinski definition) is 0. The van der Waals surface area contributed by atoms with E-state index in [4.69, 9.17) is 24.2 Å². The summed E-state index contributed by atoms with van der Waals surface area (Å²) in [5.74, 6) is 0.391. The van der Waals surface area contributed by atoms with E-state index >= 15 is 4.39 Å². The third-order valence-corrected chi connectivity index (χ3v) is 9.39. The fourth-order valence-corrected chi connectivity index (χ4v) is 6.71. The maximum absolute atomic E-state index is 15.1. The molecule has 0 spiro atoms. The monoisotopic (exact) mass is 656 g/mol. The third-order valence-electron chi connectivity index (χ3n) is 9.39. The summed E-state index contributed by atoms with van der Waals surface area (Å²) in [7, 11) is 0. The van der Waals surface area contributed by atoms with E-state index in [2.05, 4.69) is 25.8 Å². The Balaban J connectivity index is 1.11. The Kier molecular flexibility index (Phi) is 9.92. The molecule has 1 aliphatic carbocycles. The predicted molar refractivity (Wildman–Crippen MR) is 177 cm³/mol. The van der Waals surface area contributed by atoms with Crippen LogP contribution in [0.2, 0.25) is 0 Å². The first-order valence-electron chi connectivity index (χ1n) is 16.9. The van der Waals surface area contributed by atoms with E-state index in [-0.39, 0.29) is 30.2 Å². The Morgan fingerprint density at radius 2 is 1.96 bits per heavy atom. The van der Waals surface area contributed by atoms with Crippen LogP contribution in [0.25, 0.3) is 10.8 Å². The molecule has 12 nitrogen and oxygen atoms in total. The molecule has 2 saturated heterocycles. The number of morpholine rings is 1. The second-order valence-corrected chi connectivity index (χ2v) is 12.7. The zero-order valence-electron chi connectivity index (χ0n) is 27.1. The second-order valence-electron chi connectivity index (χ2n) is 12.7. The molecule has 1 amide bonds. The first-order chi connectivity index (χ1) is 23.6. The van der Waals surface area contributed by atoms with Gasteiger partial charge in [0.1, 0.15) is 18.2 Å². The molecule has 0 radical (unpaired) electrons. The summed E-state index contributed by atoms with van der Waals surface area (Å²) < 4.78 is 32.3. The van der Waals surface area contributed by atoms with Gasteiger partial charge in [-0.1, -0.05) is 18.2 Å². The molecule has 1 aromatic carbocycles. The molecule has 0 unspecified atom stereocenters. The molecule has 1 atom stereocenters. The van der Waals surface area contributed by atoms with Crippen molar-refractivity contribution in [2.24, 2.45) is 0 Å². The summed E-state index contributed by atoms with van der Waals surface area (Å²) in [6.07, 6.45) is 10.3. The van der Waals surface area contributed by atoms with Crippen molar-refractivity contribution in [2.45, 2.75) is 44.4 Å². The lowest BCUT2D eigenvalue weighted by molar-refractivity contribution is -0.128. The van der Waals surface area contributed by atoms with Gasteiger partial charge in [0.2, 0.25) is 5.91 Å². The molecule has 48 heavy (non-hydrogen) atoms. The van der Waals surface area contributed by atoms with Crippen LogP contribution in [0.3, 0.4) is 0 Å². The average molecular weight is 657 g/mol. The normalized spacial score (nSPS) is 20.2. The zero-order valence-corrected chi connectivity index (χ0v) is 27.1. The van der Waals surface area contributed by atoms with Gasteiger partial charge in [-0.05, 0) is 25.3 Å². The minimum absolute atomic E-state index is 0.0841. The number of halogens is 1. The predicted octanol–water partition coefficient (Wildman–Crippen LogP) is 3.10. The van der Waals surface area contributed by atoms with Gasteiger partial charge >= 0.3 is 6.01 Å². The van der Waals surface area contributed by atoms with E-state index in [9.17, 15) is 10.1 Å². The van der Waals surface area contributed by atoms with Gasteiger partial charge in [0.15, 0.2) is 0 Å². The quantitative estimate of drug-likeness (QED) is 0.224. The molecular weight excluding hydrogens is 615 g/mol. The van der Waals surface area contributed by atoms with Crippen LogP contribution in [-0.2, 0) is 27.2 Å². The molecule has 0 bridgehead atoms. The van der Waals surface area contributed by atoms with E-state index in [1.807, 2.05) is 12.1 Å². The highest BCUT2D eigenvalue weighted by molar-refractivity contribution is 5.94. The van der Waals surface area contributed by atoms with E-state index in [1.54, 1.807) is 29.4 Å². The molecular formula is C35H41FN8O4. The second kappa shape index (κ2) is 14.8. The van der Waals surface area contributed by atoms with E-state index in [0.717, 1.165) is 54.1 Å². The van der Waals surface area contributed by atoms with Crippen LogP contribution in [0.15, 0.2) is 42.7 Å². The highest BCUT2D eigenvalue weighted by atomic mass is 19.1. The van der Waals surface area contributed by atoms with E-state index in [0.29, 0.717) is 83.6 Å². The fourth-order valence-electron chi connectivity index (χ4n) is 6.71. The molecule has 13 heteroatoms. The van der Waals surface area contributed by atoms with Gasteiger partial charge in [-0.2, -0.15) is 15.2 Å². The van der Waals surface area contributed by atoms with E-state index in [1.165, 1.54) is 6.07 Å².